The zero-order valence-electron chi connectivity index (χ0n) is 20.5. The summed E-state index contributed by atoms with van der Waals surface area (Å²) in [4.78, 5) is 27.2. The molecule has 188 valence electrons. The Hall–Kier alpha value is -4.32. The number of rotatable bonds is 7. The monoisotopic (exact) mass is 536 g/mol. The number of benzene rings is 3. The average Bonchev–Trinajstić information content (AvgIpc) is 3.47. The van der Waals surface area contributed by atoms with Gasteiger partial charge in [0.25, 0.3) is 5.91 Å². The van der Waals surface area contributed by atoms with Crippen LogP contribution in [0, 0.1) is 11.3 Å². The number of amides is 2. The largest absolute Gasteiger partial charge is 0.353 e. The van der Waals surface area contributed by atoms with Crippen LogP contribution in [0.3, 0.4) is 0 Å². The lowest BCUT2D eigenvalue weighted by atomic mass is 9.86. The van der Waals surface area contributed by atoms with Crippen molar-refractivity contribution < 1.29 is 9.59 Å². The van der Waals surface area contributed by atoms with Crippen molar-refractivity contribution in [1.29, 1.82) is 5.26 Å². The number of hydrogen-bond donors (Lipinski definition) is 3. The summed E-state index contributed by atoms with van der Waals surface area (Å²) in [6, 6.07) is 29.0. The molecule has 0 fully saturated rings. The normalized spacial score (nSPS) is 15.1. The predicted octanol–water partition coefficient (Wildman–Crippen LogP) is 6.61. The summed E-state index contributed by atoms with van der Waals surface area (Å²) in [7, 11) is 0. The first-order chi connectivity index (χ1) is 18.5. The number of carbonyl (C=O) groups excluding carboxylic acids is 2. The van der Waals surface area contributed by atoms with Gasteiger partial charge in [0.2, 0.25) is 5.91 Å². The highest BCUT2D eigenvalue weighted by atomic mass is 32.2. The van der Waals surface area contributed by atoms with Gasteiger partial charge in [-0.1, -0.05) is 72.4 Å². The van der Waals surface area contributed by atoms with Gasteiger partial charge in [-0.25, -0.2) is 0 Å². The molecule has 38 heavy (non-hydrogen) atoms. The first-order valence-electron chi connectivity index (χ1n) is 12.0. The minimum absolute atomic E-state index is 0.104. The minimum Gasteiger partial charge on any atom is -0.353 e. The molecule has 1 aliphatic rings. The van der Waals surface area contributed by atoms with E-state index in [9.17, 15) is 14.9 Å². The number of fused-ring (bicyclic) bond motifs is 1. The number of thiophene rings is 1. The molecule has 0 radical (unpaired) electrons. The van der Waals surface area contributed by atoms with Crippen LogP contribution in [0.2, 0.25) is 0 Å². The van der Waals surface area contributed by atoms with Crippen LogP contribution < -0.4 is 16.0 Å². The van der Waals surface area contributed by atoms with Crippen molar-refractivity contribution in [3.8, 4) is 6.07 Å². The number of thioether (sulfide) groups is 1. The minimum atomic E-state index is -0.534. The summed E-state index contributed by atoms with van der Waals surface area (Å²) >= 11 is 2.75. The number of nitrogens with one attached hydrogen (secondary N) is 3. The van der Waals surface area contributed by atoms with Crippen LogP contribution in [-0.4, -0.2) is 17.6 Å². The number of anilines is 2. The Morgan fingerprint density at radius 3 is 2.50 bits per heavy atom. The molecule has 4 aromatic rings. The second-order valence-corrected chi connectivity index (χ2v) is 10.6. The summed E-state index contributed by atoms with van der Waals surface area (Å²) in [5.74, 6) is -0.884. The molecule has 0 saturated carbocycles. The van der Waals surface area contributed by atoms with E-state index in [1.807, 2.05) is 97.2 Å². The average molecular weight is 537 g/mol. The van der Waals surface area contributed by atoms with E-state index in [4.69, 9.17) is 0 Å². The summed E-state index contributed by atoms with van der Waals surface area (Å²) in [5, 5.41) is 23.9. The van der Waals surface area contributed by atoms with Gasteiger partial charge in [-0.15, -0.1) is 11.3 Å². The third kappa shape index (κ3) is 5.35. The van der Waals surface area contributed by atoms with E-state index >= 15 is 0 Å². The molecule has 3 N–H and O–H groups in total. The first kappa shape index (κ1) is 25.3. The van der Waals surface area contributed by atoms with E-state index in [0.29, 0.717) is 27.6 Å². The molecule has 1 atom stereocenters. The molecule has 2 amide bonds. The van der Waals surface area contributed by atoms with Crippen LogP contribution in [0.1, 0.15) is 17.7 Å². The highest BCUT2D eigenvalue weighted by molar-refractivity contribution is 8.03. The standard InChI is InChI=1S/C30H24N4O2S2/c1-19-27(29(36)33-21-11-3-2-4-12-21)28(25-15-8-16-37-25)23(17-31)30(32-19)38-18-26(35)34-24-14-7-10-20-9-5-6-13-22(20)24/h2-16,28,32H,18H2,1H3,(H,33,36)(H,34,35)/t28-/m0/s1. The van der Waals surface area contributed by atoms with E-state index in [2.05, 4.69) is 22.0 Å². The summed E-state index contributed by atoms with van der Waals surface area (Å²) in [5.41, 5.74) is 2.96. The number of carbonyl (C=O) groups is 2. The SMILES string of the molecule is CC1=C(C(=O)Nc2ccccc2)[C@H](c2cccs2)C(C#N)=C(SCC(=O)Nc2cccc3ccccc23)N1. The van der Waals surface area contributed by atoms with Crippen molar-refractivity contribution in [2.75, 3.05) is 16.4 Å². The van der Waals surface area contributed by atoms with Crippen molar-refractivity contribution in [1.82, 2.24) is 5.32 Å². The van der Waals surface area contributed by atoms with Crippen LogP contribution in [0.5, 0.6) is 0 Å². The zero-order valence-corrected chi connectivity index (χ0v) is 22.2. The Balaban J connectivity index is 1.38. The molecule has 1 aliphatic heterocycles. The number of hydrogen-bond acceptors (Lipinski definition) is 6. The summed E-state index contributed by atoms with van der Waals surface area (Å²) < 4.78 is 0. The van der Waals surface area contributed by atoms with Gasteiger partial charge in [-0.3, -0.25) is 9.59 Å². The van der Waals surface area contributed by atoms with Gasteiger partial charge in [0, 0.05) is 32.9 Å². The fraction of sp³-hybridized carbons (Fsp3) is 0.100. The van der Waals surface area contributed by atoms with Gasteiger partial charge in [-0.2, -0.15) is 5.26 Å². The van der Waals surface area contributed by atoms with Crippen LogP contribution >= 0.6 is 23.1 Å². The van der Waals surface area contributed by atoms with E-state index in [1.165, 1.54) is 23.1 Å². The molecule has 6 nitrogen and oxygen atoms in total. The molecular weight excluding hydrogens is 512 g/mol. The van der Waals surface area contributed by atoms with E-state index < -0.39 is 5.92 Å². The predicted molar refractivity (Wildman–Crippen MR) is 156 cm³/mol. The van der Waals surface area contributed by atoms with Gasteiger partial charge in [0.15, 0.2) is 0 Å². The number of allylic oxidation sites excluding steroid dienone is 2. The highest BCUT2D eigenvalue weighted by Crippen LogP contribution is 2.42. The van der Waals surface area contributed by atoms with Crippen molar-refractivity contribution in [3.05, 3.63) is 117 Å². The van der Waals surface area contributed by atoms with Crippen molar-refractivity contribution in [2.24, 2.45) is 0 Å². The number of nitriles is 1. The summed E-state index contributed by atoms with van der Waals surface area (Å²) in [6.07, 6.45) is 0. The maximum absolute atomic E-state index is 13.4. The molecule has 5 rings (SSSR count). The Kier molecular flexibility index (Phi) is 7.59. The van der Waals surface area contributed by atoms with Crippen LogP contribution in [-0.2, 0) is 9.59 Å². The molecule has 0 unspecified atom stereocenters. The lowest BCUT2D eigenvalue weighted by molar-refractivity contribution is -0.114. The third-order valence-electron chi connectivity index (χ3n) is 6.16. The molecule has 3 aromatic carbocycles. The Morgan fingerprint density at radius 1 is 0.974 bits per heavy atom. The molecule has 2 heterocycles. The number of dihydropyridines is 1. The van der Waals surface area contributed by atoms with Gasteiger partial charge in [0.05, 0.1) is 28.3 Å². The Bertz CT molecular complexity index is 1600. The van der Waals surface area contributed by atoms with Crippen LogP contribution in [0.15, 0.2) is 112 Å². The van der Waals surface area contributed by atoms with Gasteiger partial charge in [-0.05, 0) is 42.0 Å². The Labute approximate surface area is 229 Å². The molecule has 0 aliphatic carbocycles. The maximum Gasteiger partial charge on any atom is 0.254 e. The second kappa shape index (κ2) is 11.4. The lowest BCUT2D eigenvalue weighted by Gasteiger charge is -2.29. The molecule has 0 bridgehead atoms. The quantitative estimate of drug-likeness (QED) is 0.247. The van der Waals surface area contributed by atoms with Gasteiger partial charge < -0.3 is 16.0 Å². The molecule has 0 saturated heterocycles. The van der Waals surface area contributed by atoms with Crippen LogP contribution in [0.4, 0.5) is 11.4 Å². The fourth-order valence-electron chi connectivity index (χ4n) is 4.45. The number of nitrogens with zero attached hydrogens (tertiary/aromatic N) is 1. The molecular formula is C30H24N4O2S2. The molecule has 1 aromatic heterocycles. The molecule has 0 spiro atoms. The smallest absolute Gasteiger partial charge is 0.254 e. The third-order valence-corrected chi connectivity index (χ3v) is 8.12. The second-order valence-electron chi connectivity index (χ2n) is 8.65. The van der Waals surface area contributed by atoms with Gasteiger partial charge in [0.1, 0.15) is 0 Å². The maximum atomic E-state index is 13.4. The van der Waals surface area contributed by atoms with Crippen molar-refractivity contribution in [3.63, 3.8) is 0 Å². The van der Waals surface area contributed by atoms with Crippen LogP contribution in [0.25, 0.3) is 10.8 Å². The zero-order chi connectivity index (χ0) is 26.5. The van der Waals surface area contributed by atoms with E-state index in [1.54, 1.807) is 0 Å². The number of para-hydroxylation sites is 1. The van der Waals surface area contributed by atoms with Crippen molar-refractivity contribution >= 4 is 57.1 Å². The van der Waals surface area contributed by atoms with Gasteiger partial charge >= 0.3 is 0 Å². The fourth-order valence-corrected chi connectivity index (χ4v) is 6.18. The van der Waals surface area contributed by atoms with E-state index in [0.717, 1.165) is 21.3 Å². The highest BCUT2D eigenvalue weighted by Gasteiger charge is 2.35. The molecule has 8 heteroatoms. The summed E-state index contributed by atoms with van der Waals surface area (Å²) in [6.45, 7) is 1.82. The topological polar surface area (TPSA) is 94.0 Å². The van der Waals surface area contributed by atoms with Crippen molar-refractivity contribution in [2.45, 2.75) is 12.8 Å². The first-order valence-corrected chi connectivity index (χ1v) is 13.8. The van der Waals surface area contributed by atoms with E-state index in [-0.39, 0.29) is 17.6 Å². The Morgan fingerprint density at radius 2 is 1.74 bits per heavy atom. The lowest BCUT2D eigenvalue weighted by Crippen LogP contribution is -2.30.